The lowest BCUT2D eigenvalue weighted by molar-refractivity contribution is -0.147. The van der Waals surface area contributed by atoms with Gasteiger partial charge in [0.1, 0.15) is 0 Å². The van der Waals surface area contributed by atoms with Crippen LogP contribution in [0.15, 0.2) is 0 Å². The van der Waals surface area contributed by atoms with E-state index in [1.165, 1.54) is 4.90 Å². The summed E-state index contributed by atoms with van der Waals surface area (Å²) in [4.78, 5) is 37.9. The largest absolute Gasteiger partial charge is 0.481 e. The van der Waals surface area contributed by atoms with Gasteiger partial charge in [-0.1, -0.05) is 0 Å². The summed E-state index contributed by atoms with van der Waals surface area (Å²) in [7, 11) is 0. The highest BCUT2D eigenvalue weighted by Crippen LogP contribution is 2.18. The Morgan fingerprint density at radius 1 is 1.30 bits per heavy atom. The number of likely N-dealkylation sites (tertiary alicyclic amines) is 1. The zero-order chi connectivity index (χ0) is 14.5. The molecule has 2 amide bonds. The summed E-state index contributed by atoms with van der Waals surface area (Å²) in [5.74, 6) is -1.44. The van der Waals surface area contributed by atoms with Crippen LogP contribution in [-0.4, -0.2) is 72.1 Å². The van der Waals surface area contributed by atoms with Gasteiger partial charge >= 0.3 is 5.97 Å². The van der Waals surface area contributed by atoms with Crippen LogP contribution in [0, 0.1) is 5.92 Å². The molecule has 2 heterocycles. The molecule has 1 N–H and O–H groups in total. The molecule has 1 unspecified atom stereocenters. The molecule has 112 valence electrons. The molecule has 7 heteroatoms. The maximum Gasteiger partial charge on any atom is 0.308 e. The lowest BCUT2D eigenvalue weighted by atomic mass is 9.97. The highest BCUT2D eigenvalue weighted by molar-refractivity contribution is 5.81. The minimum Gasteiger partial charge on any atom is -0.481 e. The quantitative estimate of drug-likeness (QED) is 0.756. The first-order valence-electron chi connectivity index (χ1n) is 6.94. The number of amides is 2. The smallest absolute Gasteiger partial charge is 0.308 e. The molecule has 0 aromatic heterocycles. The van der Waals surface area contributed by atoms with E-state index in [0.717, 1.165) is 0 Å². The van der Waals surface area contributed by atoms with Crippen LogP contribution in [0.3, 0.4) is 0 Å². The number of ether oxygens (including phenoxy) is 1. The summed E-state index contributed by atoms with van der Waals surface area (Å²) in [6.45, 7) is 2.80. The van der Waals surface area contributed by atoms with Crippen molar-refractivity contribution < 1.29 is 24.2 Å². The highest BCUT2D eigenvalue weighted by Gasteiger charge is 2.30. The molecule has 0 aliphatic carbocycles. The number of nitrogens with zero attached hydrogens (tertiary/aromatic N) is 2. The number of aliphatic carboxylic acids is 1. The van der Waals surface area contributed by atoms with E-state index in [-0.39, 0.29) is 31.2 Å². The molecular weight excluding hydrogens is 264 g/mol. The molecule has 20 heavy (non-hydrogen) atoms. The van der Waals surface area contributed by atoms with E-state index in [0.29, 0.717) is 39.3 Å². The number of hydrogen-bond donors (Lipinski definition) is 1. The van der Waals surface area contributed by atoms with Gasteiger partial charge in [0.15, 0.2) is 0 Å². The van der Waals surface area contributed by atoms with Crippen molar-refractivity contribution in [2.45, 2.75) is 19.3 Å². The van der Waals surface area contributed by atoms with Gasteiger partial charge in [0.05, 0.1) is 19.1 Å². The predicted octanol–water partition coefficient (Wildman–Crippen LogP) is -0.441. The average molecular weight is 284 g/mol. The Labute approximate surface area is 117 Å². The van der Waals surface area contributed by atoms with Crippen molar-refractivity contribution in [3.05, 3.63) is 0 Å². The minimum atomic E-state index is -0.873. The zero-order valence-electron chi connectivity index (χ0n) is 11.4. The normalized spacial score (nSPS) is 23.8. The number of carboxylic acid groups (broad SMARTS) is 1. The molecule has 2 rings (SSSR count). The molecule has 2 aliphatic rings. The van der Waals surface area contributed by atoms with Crippen LogP contribution in [0.4, 0.5) is 0 Å². The fourth-order valence-corrected chi connectivity index (χ4v) is 2.53. The average Bonchev–Trinajstić information content (AvgIpc) is 2.46. The summed E-state index contributed by atoms with van der Waals surface area (Å²) in [6, 6.07) is 0. The number of hydrogen-bond acceptors (Lipinski definition) is 4. The molecule has 2 saturated heterocycles. The van der Waals surface area contributed by atoms with Crippen LogP contribution in [0.5, 0.6) is 0 Å². The molecule has 0 bridgehead atoms. The fourth-order valence-electron chi connectivity index (χ4n) is 2.53. The first-order chi connectivity index (χ1) is 9.58. The minimum absolute atomic E-state index is 0.00134. The third-order valence-electron chi connectivity index (χ3n) is 3.81. The van der Waals surface area contributed by atoms with Gasteiger partial charge in [0.25, 0.3) is 0 Å². The van der Waals surface area contributed by atoms with E-state index in [4.69, 9.17) is 9.84 Å². The summed E-state index contributed by atoms with van der Waals surface area (Å²) < 4.78 is 5.18. The first kappa shape index (κ1) is 14.8. The number of piperidine rings is 1. The van der Waals surface area contributed by atoms with E-state index >= 15 is 0 Å². The number of carbonyl (C=O) groups excluding carboxylic acids is 2. The Balaban J connectivity index is 1.80. The van der Waals surface area contributed by atoms with Gasteiger partial charge in [-0.15, -0.1) is 0 Å². The zero-order valence-corrected chi connectivity index (χ0v) is 11.4. The van der Waals surface area contributed by atoms with Gasteiger partial charge < -0.3 is 19.6 Å². The summed E-state index contributed by atoms with van der Waals surface area (Å²) in [5, 5.41) is 9.00. The van der Waals surface area contributed by atoms with Crippen molar-refractivity contribution in [3.63, 3.8) is 0 Å². The Morgan fingerprint density at radius 3 is 2.65 bits per heavy atom. The second-order valence-electron chi connectivity index (χ2n) is 5.16. The number of morpholine rings is 1. The van der Waals surface area contributed by atoms with Crippen molar-refractivity contribution >= 4 is 17.8 Å². The van der Waals surface area contributed by atoms with Crippen LogP contribution >= 0.6 is 0 Å². The van der Waals surface area contributed by atoms with Gasteiger partial charge in [-0.3, -0.25) is 14.4 Å². The van der Waals surface area contributed by atoms with Gasteiger partial charge in [-0.05, 0) is 6.42 Å². The van der Waals surface area contributed by atoms with Crippen LogP contribution in [0.25, 0.3) is 0 Å². The van der Waals surface area contributed by atoms with E-state index in [2.05, 4.69) is 0 Å². The standard InChI is InChI=1S/C13H20N2O5/c16-11-2-1-10(13(18)19)9-15(11)4-3-12(17)14-5-7-20-8-6-14/h10H,1-9H2,(H,18,19). The monoisotopic (exact) mass is 284 g/mol. The van der Waals surface area contributed by atoms with Gasteiger partial charge in [0, 0.05) is 39.0 Å². The van der Waals surface area contributed by atoms with Gasteiger partial charge in [-0.25, -0.2) is 0 Å². The lowest BCUT2D eigenvalue weighted by Gasteiger charge is -2.32. The maximum atomic E-state index is 12.0. The number of carbonyl (C=O) groups is 3. The van der Waals surface area contributed by atoms with Crippen molar-refractivity contribution in [1.82, 2.24) is 9.80 Å². The van der Waals surface area contributed by atoms with Gasteiger partial charge in [0.2, 0.25) is 11.8 Å². The Morgan fingerprint density at radius 2 is 2.00 bits per heavy atom. The van der Waals surface area contributed by atoms with Crippen LogP contribution in [-0.2, 0) is 19.1 Å². The lowest BCUT2D eigenvalue weighted by Crippen LogP contribution is -2.45. The predicted molar refractivity (Wildman–Crippen MR) is 69.0 cm³/mol. The molecule has 0 spiro atoms. The second kappa shape index (κ2) is 6.69. The molecule has 0 aromatic carbocycles. The Hall–Kier alpha value is -1.63. The Kier molecular flexibility index (Phi) is 4.94. The third-order valence-corrected chi connectivity index (χ3v) is 3.81. The topological polar surface area (TPSA) is 87.2 Å². The van der Waals surface area contributed by atoms with E-state index in [1.807, 2.05) is 0 Å². The Bertz CT molecular complexity index is 392. The first-order valence-corrected chi connectivity index (χ1v) is 6.94. The van der Waals surface area contributed by atoms with E-state index in [9.17, 15) is 14.4 Å². The third kappa shape index (κ3) is 3.69. The van der Waals surface area contributed by atoms with Gasteiger partial charge in [-0.2, -0.15) is 0 Å². The van der Waals surface area contributed by atoms with Crippen LogP contribution in [0.2, 0.25) is 0 Å². The van der Waals surface area contributed by atoms with Crippen molar-refractivity contribution in [1.29, 1.82) is 0 Å². The molecule has 0 saturated carbocycles. The number of carboxylic acids is 1. The summed E-state index contributed by atoms with van der Waals surface area (Å²) >= 11 is 0. The molecule has 7 nitrogen and oxygen atoms in total. The SMILES string of the molecule is O=C(O)C1CCC(=O)N(CCC(=O)N2CCOCC2)C1. The second-order valence-corrected chi connectivity index (χ2v) is 5.16. The molecule has 0 aromatic rings. The van der Waals surface area contributed by atoms with E-state index < -0.39 is 11.9 Å². The van der Waals surface area contributed by atoms with Crippen molar-refractivity contribution in [3.8, 4) is 0 Å². The molecule has 0 radical (unpaired) electrons. The van der Waals surface area contributed by atoms with Crippen molar-refractivity contribution in [2.75, 3.05) is 39.4 Å². The fraction of sp³-hybridized carbons (Fsp3) is 0.769. The summed E-state index contributed by atoms with van der Waals surface area (Å²) in [6.07, 6.45) is 0.892. The maximum absolute atomic E-state index is 12.0. The van der Waals surface area contributed by atoms with Crippen LogP contribution < -0.4 is 0 Å². The summed E-state index contributed by atoms with van der Waals surface area (Å²) in [5.41, 5.74) is 0. The highest BCUT2D eigenvalue weighted by atomic mass is 16.5. The molecule has 2 aliphatic heterocycles. The van der Waals surface area contributed by atoms with E-state index in [1.54, 1.807) is 4.90 Å². The molecule has 1 atom stereocenters. The van der Waals surface area contributed by atoms with Crippen molar-refractivity contribution in [2.24, 2.45) is 5.92 Å². The molecular formula is C13H20N2O5. The number of rotatable bonds is 4. The molecule has 2 fully saturated rings. The van der Waals surface area contributed by atoms with Crippen LogP contribution in [0.1, 0.15) is 19.3 Å².